The molecule has 4 heteroatoms. The first-order valence-electron chi connectivity index (χ1n) is 8.57. The van der Waals surface area contributed by atoms with Crippen molar-refractivity contribution in [3.63, 3.8) is 0 Å². The zero-order valence-electron chi connectivity index (χ0n) is 13.7. The first-order valence-corrected chi connectivity index (χ1v) is 8.57. The number of benzene rings is 2. The van der Waals surface area contributed by atoms with Gasteiger partial charge in [-0.2, -0.15) is 5.06 Å². The molecule has 2 aromatic carbocycles. The Labute approximate surface area is 142 Å². The van der Waals surface area contributed by atoms with Gasteiger partial charge in [0.25, 0.3) is 0 Å². The van der Waals surface area contributed by atoms with Crippen LogP contribution in [0.1, 0.15) is 11.1 Å². The molecule has 2 fully saturated rings. The molecule has 2 aliphatic rings. The third-order valence-corrected chi connectivity index (χ3v) is 4.83. The van der Waals surface area contributed by atoms with Crippen LogP contribution in [-0.2, 0) is 27.5 Å². The van der Waals surface area contributed by atoms with Gasteiger partial charge in [-0.15, -0.1) is 0 Å². The second-order valence-electron chi connectivity index (χ2n) is 6.46. The lowest BCUT2D eigenvalue weighted by Crippen LogP contribution is -2.47. The van der Waals surface area contributed by atoms with E-state index in [0.29, 0.717) is 32.3 Å². The van der Waals surface area contributed by atoms with Gasteiger partial charge >= 0.3 is 0 Å². The molecule has 2 saturated heterocycles. The molecule has 0 unspecified atom stereocenters. The summed E-state index contributed by atoms with van der Waals surface area (Å²) in [6, 6.07) is 21.0. The number of hydrogen-bond donors (Lipinski definition) is 0. The van der Waals surface area contributed by atoms with Gasteiger partial charge in [0.1, 0.15) is 0 Å². The number of rotatable bonds is 5. The highest BCUT2D eigenvalue weighted by Gasteiger charge is 2.44. The van der Waals surface area contributed by atoms with Gasteiger partial charge in [0.05, 0.1) is 38.6 Å². The smallest absolute Gasteiger partial charge is 0.0880 e. The van der Waals surface area contributed by atoms with Gasteiger partial charge < -0.3 is 9.47 Å². The average Bonchev–Trinajstić information content (AvgIpc) is 3.05. The summed E-state index contributed by atoms with van der Waals surface area (Å²) < 4.78 is 12.0. The van der Waals surface area contributed by atoms with Crippen LogP contribution in [0, 0.1) is 5.92 Å². The van der Waals surface area contributed by atoms with Crippen molar-refractivity contribution in [3.8, 4) is 0 Å². The Balaban J connectivity index is 1.37. The molecule has 0 radical (unpaired) electrons. The van der Waals surface area contributed by atoms with Crippen molar-refractivity contribution >= 4 is 0 Å². The normalized spacial score (nSPS) is 27.1. The van der Waals surface area contributed by atoms with Crippen LogP contribution < -0.4 is 0 Å². The largest absolute Gasteiger partial charge is 0.377 e. The molecule has 0 saturated carbocycles. The van der Waals surface area contributed by atoms with Gasteiger partial charge in [-0.3, -0.25) is 4.84 Å². The van der Waals surface area contributed by atoms with E-state index in [2.05, 4.69) is 41.5 Å². The molecule has 4 rings (SSSR count). The molecule has 3 atom stereocenters. The zero-order chi connectivity index (χ0) is 16.2. The Kier molecular flexibility index (Phi) is 4.90. The highest BCUT2D eigenvalue weighted by molar-refractivity contribution is 5.15. The number of hydroxylamine groups is 2. The Morgan fingerprint density at radius 3 is 2.33 bits per heavy atom. The van der Waals surface area contributed by atoms with E-state index < -0.39 is 0 Å². The number of ether oxygens (including phenoxy) is 2. The van der Waals surface area contributed by atoms with Crippen LogP contribution in [0.25, 0.3) is 0 Å². The Morgan fingerprint density at radius 2 is 1.58 bits per heavy atom. The molecule has 0 aromatic heterocycles. The predicted molar refractivity (Wildman–Crippen MR) is 91.1 cm³/mol. The first-order chi connectivity index (χ1) is 11.9. The Morgan fingerprint density at radius 1 is 0.875 bits per heavy atom. The van der Waals surface area contributed by atoms with Crippen LogP contribution in [0.4, 0.5) is 0 Å². The van der Waals surface area contributed by atoms with Gasteiger partial charge in [-0.25, -0.2) is 0 Å². The molecule has 24 heavy (non-hydrogen) atoms. The molecular formula is C20H23NO3. The van der Waals surface area contributed by atoms with E-state index in [0.717, 1.165) is 6.54 Å². The van der Waals surface area contributed by atoms with Crippen LogP contribution in [-0.4, -0.2) is 37.0 Å². The minimum absolute atomic E-state index is 0.0877. The molecule has 2 aliphatic heterocycles. The molecule has 126 valence electrons. The second-order valence-corrected chi connectivity index (χ2v) is 6.46. The minimum atomic E-state index is 0.0877. The highest BCUT2D eigenvalue weighted by atomic mass is 16.7. The van der Waals surface area contributed by atoms with Crippen LogP contribution >= 0.6 is 0 Å². The summed E-state index contributed by atoms with van der Waals surface area (Å²) in [4.78, 5) is 5.96. The molecule has 0 spiro atoms. The van der Waals surface area contributed by atoms with Crippen molar-refractivity contribution in [1.29, 1.82) is 0 Å². The summed E-state index contributed by atoms with van der Waals surface area (Å²) in [6.07, 6.45) is 0.0877. The lowest BCUT2D eigenvalue weighted by Gasteiger charge is -2.34. The van der Waals surface area contributed by atoms with E-state index >= 15 is 0 Å². The predicted octanol–water partition coefficient (Wildman–Crippen LogP) is 3.03. The molecule has 4 nitrogen and oxygen atoms in total. The number of fused-ring (bicyclic) bond motifs is 1. The summed E-state index contributed by atoms with van der Waals surface area (Å²) in [6.45, 7) is 3.48. The van der Waals surface area contributed by atoms with Gasteiger partial charge in [-0.05, 0) is 11.1 Å². The lowest BCUT2D eigenvalue weighted by atomic mass is 9.93. The van der Waals surface area contributed by atoms with E-state index in [1.165, 1.54) is 11.1 Å². The van der Waals surface area contributed by atoms with Gasteiger partial charge in [0.15, 0.2) is 0 Å². The topological polar surface area (TPSA) is 30.9 Å². The third kappa shape index (κ3) is 3.52. The van der Waals surface area contributed by atoms with E-state index in [9.17, 15) is 0 Å². The molecular weight excluding hydrogens is 302 g/mol. The van der Waals surface area contributed by atoms with Crippen molar-refractivity contribution in [2.75, 3.05) is 19.8 Å². The molecule has 0 bridgehead atoms. The summed E-state index contributed by atoms with van der Waals surface area (Å²) in [7, 11) is 0. The van der Waals surface area contributed by atoms with Crippen molar-refractivity contribution in [3.05, 3.63) is 71.8 Å². The fourth-order valence-electron chi connectivity index (χ4n) is 3.47. The van der Waals surface area contributed by atoms with Gasteiger partial charge in [0, 0.05) is 12.5 Å². The minimum Gasteiger partial charge on any atom is -0.377 e. The SMILES string of the molecule is c1ccc(CO[C@H]2COC[C@@H]3[C@H]2CON3Cc2ccccc2)cc1. The number of nitrogens with zero attached hydrogens (tertiary/aromatic N) is 1. The average molecular weight is 325 g/mol. The van der Waals surface area contributed by atoms with E-state index in [1.54, 1.807) is 0 Å². The fraction of sp³-hybridized carbons (Fsp3) is 0.400. The van der Waals surface area contributed by atoms with E-state index in [-0.39, 0.29) is 12.1 Å². The number of hydrogen-bond acceptors (Lipinski definition) is 4. The molecule has 2 aromatic rings. The summed E-state index contributed by atoms with van der Waals surface area (Å²) in [5.74, 6) is 0.367. The maximum Gasteiger partial charge on any atom is 0.0880 e. The van der Waals surface area contributed by atoms with E-state index in [1.807, 2.05) is 24.3 Å². The second kappa shape index (κ2) is 7.45. The quantitative estimate of drug-likeness (QED) is 0.845. The maximum absolute atomic E-state index is 6.15. The fourth-order valence-corrected chi connectivity index (χ4v) is 3.47. The van der Waals surface area contributed by atoms with Gasteiger partial charge in [0.2, 0.25) is 0 Å². The lowest BCUT2D eigenvalue weighted by molar-refractivity contribution is -0.160. The van der Waals surface area contributed by atoms with Crippen LogP contribution in [0.5, 0.6) is 0 Å². The summed E-state index contributed by atoms with van der Waals surface area (Å²) >= 11 is 0. The van der Waals surface area contributed by atoms with Crippen molar-refractivity contribution in [2.45, 2.75) is 25.3 Å². The van der Waals surface area contributed by atoms with E-state index in [4.69, 9.17) is 14.3 Å². The van der Waals surface area contributed by atoms with Gasteiger partial charge in [-0.1, -0.05) is 60.7 Å². The molecule has 0 N–H and O–H groups in total. The molecule has 2 heterocycles. The monoisotopic (exact) mass is 325 g/mol. The van der Waals surface area contributed by atoms with Crippen molar-refractivity contribution < 1.29 is 14.3 Å². The van der Waals surface area contributed by atoms with Crippen molar-refractivity contribution in [2.24, 2.45) is 5.92 Å². The van der Waals surface area contributed by atoms with Crippen LogP contribution in [0.3, 0.4) is 0 Å². The highest BCUT2D eigenvalue weighted by Crippen LogP contribution is 2.31. The maximum atomic E-state index is 6.15. The summed E-state index contributed by atoms with van der Waals surface area (Å²) in [5, 5.41) is 2.07. The molecule has 0 amide bonds. The zero-order valence-corrected chi connectivity index (χ0v) is 13.7. The van der Waals surface area contributed by atoms with Crippen LogP contribution in [0.2, 0.25) is 0 Å². The van der Waals surface area contributed by atoms with Crippen LogP contribution in [0.15, 0.2) is 60.7 Å². The van der Waals surface area contributed by atoms with Crippen molar-refractivity contribution in [1.82, 2.24) is 5.06 Å². The summed E-state index contributed by atoms with van der Waals surface area (Å²) in [5.41, 5.74) is 2.45. The Bertz CT molecular complexity index is 634. The standard InChI is InChI=1S/C20H23NO3/c1-3-7-16(8-4-1)11-21-19-14-22-15-20(18(19)13-24-21)23-12-17-9-5-2-6-10-17/h1-10,18-20H,11-15H2/t18-,19-,20+/m1/s1. The molecule has 0 aliphatic carbocycles. The third-order valence-electron chi connectivity index (χ3n) is 4.83. The Hall–Kier alpha value is -1.72. The first kappa shape index (κ1) is 15.8.